The van der Waals surface area contributed by atoms with E-state index < -0.39 is 17.4 Å². The van der Waals surface area contributed by atoms with Gasteiger partial charge >= 0.3 is 0 Å². The lowest BCUT2D eigenvalue weighted by molar-refractivity contribution is 0.101. The van der Waals surface area contributed by atoms with Gasteiger partial charge in [-0.25, -0.2) is 8.78 Å². The van der Waals surface area contributed by atoms with E-state index in [1.54, 1.807) is 11.7 Å². The standard InChI is InChI=1S/C13H13F2N3O2S/c1-20-5-4-18-8-16-17-13(18)21-7-12(19)10-6-9(14)2-3-11(10)15/h2-3,6,8H,4-5,7H2,1H3. The van der Waals surface area contributed by atoms with Gasteiger partial charge in [-0.05, 0) is 18.2 Å². The Balaban J connectivity index is 2.01. The van der Waals surface area contributed by atoms with Crippen molar-refractivity contribution in [2.24, 2.45) is 0 Å². The van der Waals surface area contributed by atoms with Gasteiger partial charge in [-0.3, -0.25) is 4.79 Å². The first-order valence-electron chi connectivity index (χ1n) is 6.09. The van der Waals surface area contributed by atoms with Crippen molar-refractivity contribution in [3.8, 4) is 0 Å². The minimum Gasteiger partial charge on any atom is -0.383 e. The van der Waals surface area contributed by atoms with Gasteiger partial charge in [0.25, 0.3) is 0 Å². The molecule has 0 radical (unpaired) electrons. The normalized spacial score (nSPS) is 10.8. The summed E-state index contributed by atoms with van der Waals surface area (Å²) < 4.78 is 33.2. The topological polar surface area (TPSA) is 57.0 Å². The van der Waals surface area contributed by atoms with Crippen molar-refractivity contribution in [2.75, 3.05) is 19.5 Å². The lowest BCUT2D eigenvalue weighted by Crippen LogP contribution is -2.08. The number of aromatic nitrogens is 3. The number of ketones is 1. The molecular formula is C13H13F2N3O2S. The summed E-state index contributed by atoms with van der Waals surface area (Å²) >= 11 is 1.12. The molecule has 21 heavy (non-hydrogen) atoms. The quantitative estimate of drug-likeness (QED) is 0.579. The van der Waals surface area contributed by atoms with E-state index in [4.69, 9.17) is 4.74 Å². The Bertz CT molecular complexity index is 634. The third-order valence-corrected chi connectivity index (χ3v) is 3.66. The van der Waals surface area contributed by atoms with Crippen molar-refractivity contribution in [3.05, 3.63) is 41.7 Å². The van der Waals surface area contributed by atoms with Gasteiger partial charge < -0.3 is 9.30 Å². The molecule has 1 aromatic carbocycles. The lowest BCUT2D eigenvalue weighted by Gasteiger charge is -2.05. The van der Waals surface area contributed by atoms with E-state index >= 15 is 0 Å². The Morgan fingerprint density at radius 2 is 2.24 bits per heavy atom. The Kier molecular flexibility index (Phi) is 5.40. The number of nitrogens with zero attached hydrogens (tertiary/aromatic N) is 3. The van der Waals surface area contributed by atoms with Crippen LogP contribution in [-0.4, -0.2) is 40.0 Å². The monoisotopic (exact) mass is 313 g/mol. The highest BCUT2D eigenvalue weighted by molar-refractivity contribution is 7.99. The molecule has 0 saturated carbocycles. The zero-order valence-corrected chi connectivity index (χ0v) is 12.1. The fourth-order valence-corrected chi connectivity index (χ4v) is 2.44. The van der Waals surface area contributed by atoms with Crippen molar-refractivity contribution in [2.45, 2.75) is 11.7 Å². The third kappa shape index (κ3) is 4.08. The van der Waals surface area contributed by atoms with Gasteiger partial charge in [0.15, 0.2) is 10.9 Å². The fraction of sp³-hybridized carbons (Fsp3) is 0.308. The predicted octanol–water partition coefficient (Wildman–Crippen LogP) is 2.18. The molecule has 0 N–H and O–H groups in total. The smallest absolute Gasteiger partial charge is 0.191 e. The number of benzene rings is 1. The molecule has 2 aromatic rings. The molecule has 112 valence electrons. The SMILES string of the molecule is COCCn1cnnc1SCC(=O)c1cc(F)ccc1F. The number of carbonyl (C=O) groups is 1. The van der Waals surface area contributed by atoms with Crippen LogP contribution < -0.4 is 0 Å². The molecule has 0 aliphatic rings. The Labute approximate surface area is 124 Å². The van der Waals surface area contributed by atoms with Crippen LogP contribution in [0, 0.1) is 11.6 Å². The molecule has 0 fully saturated rings. The van der Waals surface area contributed by atoms with Crippen molar-refractivity contribution >= 4 is 17.5 Å². The molecule has 0 amide bonds. The molecular weight excluding hydrogens is 300 g/mol. The van der Waals surface area contributed by atoms with Gasteiger partial charge in [0, 0.05) is 13.7 Å². The summed E-state index contributed by atoms with van der Waals surface area (Å²) in [7, 11) is 1.58. The van der Waals surface area contributed by atoms with Crippen molar-refractivity contribution in [3.63, 3.8) is 0 Å². The molecule has 8 heteroatoms. The summed E-state index contributed by atoms with van der Waals surface area (Å²) in [5.41, 5.74) is -0.259. The minimum absolute atomic E-state index is 0.0496. The highest BCUT2D eigenvalue weighted by Crippen LogP contribution is 2.18. The number of hydrogen-bond acceptors (Lipinski definition) is 5. The van der Waals surface area contributed by atoms with Crippen LogP contribution in [0.1, 0.15) is 10.4 Å². The maximum atomic E-state index is 13.5. The van der Waals surface area contributed by atoms with Crippen LogP contribution in [-0.2, 0) is 11.3 Å². The Morgan fingerprint density at radius 3 is 3.00 bits per heavy atom. The molecule has 0 saturated heterocycles. The van der Waals surface area contributed by atoms with E-state index in [2.05, 4.69) is 10.2 Å². The van der Waals surface area contributed by atoms with E-state index in [9.17, 15) is 13.6 Å². The molecule has 5 nitrogen and oxygen atoms in total. The number of ether oxygens (including phenoxy) is 1. The second-order valence-electron chi connectivity index (χ2n) is 4.14. The van der Waals surface area contributed by atoms with Gasteiger partial charge in [-0.1, -0.05) is 11.8 Å². The molecule has 1 heterocycles. The average Bonchev–Trinajstić information content (AvgIpc) is 2.92. The number of rotatable bonds is 7. The first-order chi connectivity index (χ1) is 10.1. The number of halogens is 2. The fourth-order valence-electron chi connectivity index (χ4n) is 1.62. The second-order valence-corrected chi connectivity index (χ2v) is 5.08. The largest absolute Gasteiger partial charge is 0.383 e. The maximum absolute atomic E-state index is 13.5. The van der Waals surface area contributed by atoms with Crippen LogP contribution in [0.15, 0.2) is 29.7 Å². The van der Waals surface area contributed by atoms with Crippen LogP contribution in [0.2, 0.25) is 0 Å². The van der Waals surface area contributed by atoms with E-state index in [0.717, 1.165) is 30.0 Å². The molecule has 0 atom stereocenters. The van der Waals surface area contributed by atoms with E-state index in [1.165, 1.54) is 6.33 Å². The van der Waals surface area contributed by atoms with Crippen molar-refractivity contribution in [1.29, 1.82) is 0 Å². The zero-order valence-electron chi connectivity index (χ0n) is 11.3. The van der Waals surface area contributed by atoms with Crippen LogP contribution in [0.25, 0.3) is 0 Å². The number of thioether (sulfide) groups is 1. The van der Waals surface area contributed by atoms with E-state index in [0.29, 0.717) is 18.3 Å². The van der Waals surface area contributed by atoms with Gasteiger partial charge in [-0.15, -0.1) is 10.2 Å². The Hall–Kier alpha value is -1.80. The van der Waals surface area contributed by atoms with Crippen LogP contribution in [0.5, 0.6) is 0 Å². The molecule has 1 aromatic heterocycles. The van der Waals surface area contributed by atoms with Gasteiger partial charge in [0.2, 0.25) is 0 Å². The van der Waals surface area contributed by atoms with Crippen molar-refractivity contribution < 1.29 is 18.3 Å². The van der Waals surface area contributed by atoms with Crippen LogP contribution in [0.3, 0.4) is 0 Å². The highest BCUT2D eigenvalue weighted by Gasteiger charge is 2.15. The maximum Gasteiger partial charge on any atom is 0.191 e. The summed E-state index contributed by atoms with van der Waals surface area (Å²) in [5, 5.41) is 8.15. The van der Waals surface area contributed by atoms with Crippen molar-refractivity contribution in [1.82, 2.24) is 14.8 Å². The predicted molar refractivity (Wildman–Crippen MR) is 73.3 cm³/mol. The summed E-state index contributed by atoms with van der Waals surface area (Å²) in [4.78, 5) is 11.9. The first kappa shape index (κ1) is 15.6. The van der Waals surface area contributed by atoms with Crippen LogP contribution >= 0.6 is 11.8 Å². The molecule has 0 aliphatic carbocycles. The average molecular weight is 313 g/mol. The zero-order chi connectivity index (χ0) is 15.2. The number of Topliss-reactive ketones (excluding diaryl/α,β-unsaturated/α-hetero) is 1. The summed E-state index contributed by atoms with van der Waals surface area (Å²) in [6.45, 7) is 1.03. The molecule has 2 rings (SSSR count). The van der Waals surface area contributed by atoms with E-state index in [1.807, 2.05) is 0 Å². The minimum atomic E-state index is -0.733. The summed E-state index contributed by atoms with van der Waals surface area (Å²) in [5.74, 6) is -1.93. The third-order valence-electron chi connectivity index (χ3n) is 2.68. The van der Waals surface area contributed by atoms with Crippen LogP contribution in [0.4, 0.5) is 8.78 Å². The Morgan fingerprint density at radius 1 is 1.43 bits per heavy atom. The number of methoxy groups -OCH3 is 1. The number of carbonyl (C=O) groups excluding carboxylic acids is 1. The van der Waals surface area contributed by atoms with E-state index in [-0.39, 0.29) is 11.3 Å². The van der Waals surface area contributed by atoms with Gasteiger partial charge in [0.05, 0.1) is 17.9 Å². The van der Waals surface area contributed by atoms with Gasteiger partial charge in [0.1, 0.15) is 18.0 Å². The summed E-state index contributed by atoms with van der Waals surface area (Å²) in [6.07, 6.45) is 1.52. The van der Waals surface area contributed by atoms with Gasteiger partial charge in [-0.2, -0.15) is 0 Å². The second kappa shape index (κ2) is 7.28. The molecule has 0 spiro atoms. The highest BCUT2D eigenvalue weighted by atomic mass is 32.2. The molecule has 0 bridgehead atoms. The summed E-state index contributed by atoms with van der Waals surface area (Å²) in [6, 6.07) is 2.81. The molecule has 0 aliphatic heterocycles. The molecule has 0 unspecified atom stereocenters. The first-order valence-corrected chi connectivity index (χ1v) is 7.08. The number of hydrogen-bond donors (Lipinski definition) is 0. The lowest BCUT2D eigenvalue weighted by atomic mass is 10.1.